The van der Waals surface area contributed by atoms with Gasteiger partial charge in [0.1, 0.15) is 12.4 Å². The molecule has 0 aliphatic heterocycles. The van der Waals surface area contributed by atoms with Crippen molar-refractivity contribution in [2.24, 2.45) is 5.10 Å². The summed E-state index contributed by atoms with van der Waals surface area (Å²) in [5, 5.41) is 4.37. The Morgan fingerprint density at radius 1 is 1.03 bits per heavy atom. The highest BCUT2D eigenvalue weighted by Gasteiger charge is 2.26. The number of hydrogen-bond acceptors (Lipinski definition) is 5. The minimum Gasteiger partial charge on any atom is -0.490 e. The Morgan fingerprint density at radius 2 is 1.71 bits per heavy atom. The van der Waals surface area contributed by atoms with E-state index in [0.717, 1.165) is 15.4 Å². The fraction of sp³-hybridized carbons (Fsp3) is 0.154. The van der Waals surface area contributed by atoms with Gasteiger partial charge in [0, 0.05) is 11.6 Å². The van der Waals surface area contributed by atoms with Crippen LogP contribution in [-0.2, 0) is 21.2 Å². The lowest BCUT2D eigenvalue weighted by Crippen LogP contribution is -2.40. The Kier molecular flexibility index (Phi) is 9.60. The van der Waals surface area contributed by atoms with E-state index in [9.17, 15) is 13.2 Å². The van der Waals surface area contributed by atoms with Crippen molar-refractivity contribution >= 4 is 33.7 Å². The van der Waals surface area contributed by atoms with Crippen LogP contribution in [0.15, 0.2) is 102 Å². The number of amides is 1. The molecule has 0 aromatic heterocycles. The number of benzene rings is 3. The molecule has 0 fully saturated rings. The molecule has 9 heteroatoms. The molecule has 3 aromatic carbocycles. The second-order valence-electron chi connectivity index (χ2n) is 7.49. The van der Waals surface area contributed by atoms with Crippen LogP contribution in [0, 0.1) is 0 Å². The largest absolute Gasteiger partial charge is 0.490 e. The third-order valence-corrected chi connectivity index (χ3v) is 7.03. The van der Waals surface area contributed by atoms with Crippen molar-refractivity contribution in [1.29, 1.82) is 0 Å². The summed E-state index contributed by atoms with van der Waals surface area (Å²) < 4.78 is 33.1. The quantitative estimate of drug-likeness (QED) is 0.223. The van der Waals surface area contributed by atoms with Crippen LogP contribution in [0.1, 0.15) is 11.1 Å². The molecule has 3 rings (SSSR count). The van der Waals surface area contributed by atoms with Gasteiger partial charge in [-0.05, 0) is 66.1 Å². The number of carbonyl (C=O) groups excluding carboxylic acids is 1. The Bertz CT molecular complexity index is 1250. The monoisotopic (exact) mass is 511 g/mol. The van der Waals surface area contributed by atoms with Crippen LogP contribution in [0.25, 0.3) is 0 Å². The summed E-state index contributed by atoms with van der Waals surface area (Å²) in [6, 6.07) is 22.4. The average Bonchev–Trinajstić information content (AvgIpc) is 2.87. The Balaban J connectivity index is 1.67. The summed E-state index contributed by atoms with van der Waals surface area (Å²) in [5.74, 6) is 0.130. The van der Waals surface area contributed by atoms with Crippen molar-refractivity contribution in [2.75, 3.05) is 19.7 Å². The van der Waals surface area contributed by atoms with E-state index >= 15 is 0 Å². The second kappa shape index (κ2) is 12.9. The SMILES string of the molecule is C=CCOc1ccc(/C=N\NC(=O)CN(CCc2ccccc2)S(=O)(=O)c2ccc(Cl)cc2)cc1. The van der Waals surface area contributed by atoms with Gasteiger partial charge in [-0.15, -0.1) is 0 Å². The standard InChI is InChI=1S/C26H26ClN3O4S/c1-2-18-34-24-12-8-22(9-13-24)19-28-29-26(31)20-30(17-16-21-6-4-3-5-7-21)35(32,33)25-14-10-23(27)11-15-25/h2-15,19H,1,16-18,20H2,(H,29,31)/b28-19-. The Morgan fingerprint density at radius 3 is 2.37 bits per heavy atom. The summed E-state index contributed by atoms with van der Waals surface area (Å²) in [5.41, 5.74) is 4.10. The van der Waals surface area contributed by atoms with E-state index in [1.165, 1.54) is 30.5 Å². The summed E-state index contributed by atoms with van der Waals surface area (Å²) in [4.78, 5) is 12.6. The lowest BCUT2D eigenvalue weighted by molar-refractivity contribution is -0.121. The van der Waals surface area contributed by atoms with Crippen molar-refractivity contribution in [3.63, 3.8) is 0 Å². The van der Waals surface area contributed by atoms with Crippen LogP contribution in [0.2, 0.25) is 5.02 Å². The predicted molar refractivity (Wildman–Crippen MR) is 138 cm³/mol. The van der Waals surface area contributed by atoms with E-state index < -0.39 is 15.9 Å². The molecule has 35 heavy (non-hydrogen) atoms. The van der Waals surface area contributed by atoms with Crippen molar-refractivity contribution in [1.82, 2.24) is 9.73 Å². The second-order valence-corrected chi connectivity index (χ2v) is 9.86. The lowest BCUT2D eigenvalue weighted by Gasteiger charge is -2.21. The smallest absolute Gasteiger partial charge is 0.255 e. The van der Waals surface area contributed by atoms with E-state index in [1.54, 1.807) is 30.3 Å². The van der Waals surface area contributed by atoms with Gasteiger partial charge in [-0.3, -0.25) is 4.79 Å². The topological polar surface area (TPSA) is 88.1 Å². The van der Waals surface area contributed by atoms with Gasteiger partial charge in [0.25, 0.3) is 5.91 Å². The molecular weight excluding hydrogens is 486 g/mol. The maximum absolute atomic E-state index is 13.2. The lowest BCUT2D eigenvalue weighted by atomic mass is 10.1. The predicted octanol–water partition coefficient (Wildman–Crippen LogP) is 4.29. The third-order valence-electron chi connectivity index (χ3n) is 4.91. The van der Waals surface area contributed by atoms with Gasteiger partial charge in [-0.25, -0.2) is 13.8 Å². The molecule has 0 spiro atoms. The van der Waals surface area contributed by atoms with Gasteiger partial charge in [0.05, 0.1) is 17.7 Å². The number of carbonyl (C=O) groups is 1. The number of hydrogen-bond donors (Lipinski definition) is 1. The highest BCUT2D eigenvalue weighted by Crippen LogP contribution is 2.19. The molecule has 1 N–H and O–H groups in total. The van der Waals surface area contributed by atoms with Crippen LogP contribution < -0.4 is 10.2 Å². The fourth-order valence-electron chi connectivity index (χ4n) is 3.12. The number of halogens is 1. The van der Waals surface area contributed by atoms with Crippen LogP contribution in [0.4, 0.5) is 0 Å². The van der Waals surface area contributed by atoms with Crippen molar-refractivity contribution in [3.05, 3.63) is 108 Å². The summed E-state index contributed by atoms with van der Waals surface area (Å²) in [7, 11) is -3.93. The zero-order valence-corrected chi connectivity index (χ0v) is 20.6. The molecule has 0 aliphatic rings. The molecule has 1 amide bonds. The third kappa shape index (κ3) is 8.06. The number of nitrogens with one attached hydrogen (secondary N) is 1. The van der Waals surface area contributed by atoms with Gasteiger partial charge in [0.2, 0.25) is 10.0 Å². The number of ether oxygens (including phenoxy) is 1. The molecule has 0 aliphatic carbocycles. The Hall–Kier alpha value is -3.46. The van der Waals surface area contributed by atoms with Gasteiger partial charge in [0.15, 0.2) is 0 Å². The maximum atomic E-state index is 13.2. The first kappa shape index (κ1) is 26.2. The maximum Gasteiger partial charge on any atom is 0.255 e. The molecule has 182 valence electrons. The highest BCUT2D eigenvalue weighted by molar-refractivity contribution is 7.89. The zero-order chi connectivity index (χ0) is 25.1. The van der Waals surface area contributed by atoms with Crippen molar-refractivity contribution in [2.45, 2.75) is 11.3 Å². The number of sulfonamides is 1. The van der Waals surface area contributed by atoms with Crippen LogP contribution in [0.3, 0.4) is 0 Å². The molecule has 0 saturated carbocycles. The first-order chi connectivity index (χ1) is 16.9. The van der Waals surface area contributed by atoms with E-state index in [0.29, 0.717) is 23.8 Å². The van der Waals surface area contributed by atoms with Gasteiger partial charge in [-0.2, -0.15) is 9.41 Å². The fourth-order valence-corrected chi connectivity index (χ4v) is 4.64. The van der Waals surface area contributed by atoms with E-state index in [2.05, 4.69) is 17.1 Å². The van der Waals surface area contributed by atoms with Crippen LogP contribution >= 0.6 is 11.6 Å². The summed E-state index contributed by atoms with van der Waals surface area (Å²) >= 11 is 5.91. The zero-order valence-electron chi connectivity index (χ0n) is 19.0. The van der Waals surface area contributed by atoms with E-state index in [4.69, 9.17) is 16.3 Å². The number of rotatable bonds is 12. The van der Waals surface area contributed by atoms with Crippen molar-refractivity contribution < 1.29 is 17.9 Å². The molecule has 7 nitrogen and oxygen atoms in total. The van der Waals surface area contributed by atoms with Gasteiger partial charge in [-0.1, -0.05) is 54.6 Å². The first-order valence-electron chi connectivity index (χ1n) is 10.8. The molecule has 0 heterocycles. The summed E-state index contributed by atoms with van der Waals surface area (Å²) in [6.45, 7) is 3.74. The highest BCUT2D eigenvalue weighted by atomic mass is 35.5. The number of hydrazone groups is 1. The molecule has 0 bridgehead atoms. The molecule has 0 atom stereocenters. The molecule has 0 saturated heterocycles. The summed E-state index contributed by atoms with van der Waals surface area (Å²) in [6.07, 6.45) is 3.57. The van der Waals surface area contributed by atoms with Gasteiger partial charge >= 0.3 is 0 Å². The normalized spacial score (nSPS) is 11.5. The first-order valence-corrected chi connectivity index (χ1v) is 12.7. The van der Waals surface area contributed by atoms with E-state index in [1.807, 2.05) is 30.3 Å². The van der Waals surface area contributed by atoms with Crippen molar-refractivity contribution in [3.8, 4) is 5.75 Å². The minimum atomic E-state index is -3.93. The molecule has 0 radical (unpaired) electrons. The average molecular weight is 512 g/mol. The van der Waals surface area contributed by atoms with Gasteiger partial charge < -0.3 is 4.74 Å². The van der Waals surface area contributed by atoms with Crippen LogP contribution in [0.5, 0.6) is 5.75 Å². The van der Waals surface area contributed by atoms with Crippen LogP contribution in [-0.4, -0.2) is 44.5 Å². The minimum absolute atomic E-state index is 0.0602. The Labute approximate surface area is 210 Å². The molecule has 3 aromatic rings. The number of nitrogens with zero attached hydrogens (tertiary/aromatic N) is 2. The van der Waals surface area contributed by atoms with E-state index in [-0.39, 0.29) is 18.0 Å². The molecule has 0 unspecified atom stereocenters. The molecular formula is C26H26ClN3O4S.